The predicted octanol–water partition coefficient (Wildman–Crippen LogP) is -1.02. The molecule has 0 bridgehead atoms. The van der Waals surface area contributed by atoms with Crippen molar-refractivity contribution in [2.24, 2.45) is 0 Å². The number of urea groups is 1. The molecule has 3 N–H and O–H groups in total. The van der Waals surface area contributed by atoms with Gasteiger partial charge in [0.05, 0.1) is 0 Å². The second-order valence-electron chi connectivity index (χ2n) is 3.47. The van der Waals surface area contributed by atoms with E-state index >= 15 is 0 Å². The van der Waals surface area contributed by atoms with E-state index in [1.54, 1.807) is 0 Å². The van der Waals surface area contributed by atoms with Gasteiger partial charge in [0.1, 0.15) is 0 Å². The van der Waals surface area contributed by atoms with Crippen LogP contribution in [0.15, 0.2) is 0 Å². The minimum atomic E-state index is -0.206. The van der Waals surface area contributed by atoms with Crippen LogP contribution in [0.25, 0.3) is 0 Å². The van der Waals surface area contributed by atoms with E-state index in [4.69, 9.17) is 0 Å². The monoisotopic (exact) mass is 216 g/mol. The van der Waals surface area contributed by atoms with Gasteiger partial charge < -0.3 is 20.9 Å². The van der Waals surface area contributed by atoms with Crippen LogP contribution in [-0.2, 0) is 4.79 Å². The molecule has 15 heavy (non-hydrogen) atoms. The lowest BCUT2D eigenvalue weighted by Gasteiger charge is -2.11. The number of likely N-dealkylation sites (N-methyl/N-ethyl adjacent to an activating group) is 1. The highest BCUT2D eigenvalue weighted by Crippen LogP contribution is 1.71. The summed E-state index contributed by atoms with van der Waals surface area (Å²) in [5.74, 6) is -0.0928. The average Bonchev–Trinajstić information content (AvgIpc) is 2.11. The van der Waals surface area contributed by atoms with Crippen LogP contribution < -0.4 is 16.0 Å². The molecule has 0 fully saturated rings. The van der Waals surface area contributed by atoms with E-state index in [0.29, 0.717) is 19.6 Å². The third kappa shape index (κ3) is 10.6. The van der Waals surface area contributed by atoms with E-state index in [-0.39, 0.29) is 11.9 Å². The zero-order valence-corrected chi connectivity index (χ0v) is 9.59. The van der Waals surface area contributed by atoms with Gasteiger partial charge >= 0.3 is 6.03 Å². The number of amides is 3. The summed E-state index contributed by atoms with van der Waals surface area (Å²) in [4.78, 5) is 23.6. The van der Waals surface area contributed by atoms with Crippen molar-refractivity contribution >= 4 is 11.9 Å². The summed E-state index contributed by atoms with van der Waals surface area (Å²) in [5, 5.41) is 7.91. The lowest BCUT2D eigenvalue weighted by atomic mass is 10.5. The first-order valence-electron chi connectivity index (χ1n) is 4.93. The van der Waals surface area contributed by atoms with Gasteiger partial charge in [-0.25, -0.2) is 4.79 Å². The normalized spacial score (nSPS) is 9.87. The predicted molar refractivity (Wildman–Crippen MR) is 58.6 cm³/mol. The van der Waals surface area contributed by atoms with Gasteiger partial charge in [0.15, 0.2) is 0 Å². The Morgan fingerprint density at radius 1 is 1.00 bits per heavy atom. The fourth-order valence-electron chi connectivity index (χ4n) is 0.870. The first kappa shape index (κ1) is 13.7. The molecule has 3 amide bonds. The Bertz CT molecular complexity index is 206. The van der Waals surface area contributed by atoms with Gasteiger partial charge in [0.2, 0.25) is 5.91 Å². The van der Waals surface area contributed by atoms with Crippen LogP contribution in [0.2, 0.25) is 0 Å². The van der Waals surface area contributed by atoms with Crippen LogP contribution >= 0.6 is 0 Å². The summed E-state index contributed by atoms with van der Waals surface area (Å²) in [7, 11) is 3.88. The Morgan fingerprint density at radius 3 is 2.07 bits per heavy atom. The maximum atomic E-state index is 11.1. The average molecular weight is 216 g/mol. The van der Waals surface area contributed by atoms with Gasteiger partial charge in [-0.2, -0.15) is 0 Å². The van der Waals surface area contributed by atoms with Gasteiger partial charge in [-0.15, -0.1) is 0 Å². The fourth-order valence-corrected chi connectivity index (χ4v) is 0.870. The first-order chi connectivity index (χ1) is 7.02. The van der Waals surface area contributed by atoms with Crippen molar-refractivity contribution in [3.63, 3.8) is 0 Å². The molecule has 0 saturated carbocycles. The molecule has 0 aromatic carbocycles. The van der Waals surface area contributed by atoms with E-state index in [0.717, 1.165) is 6.54 Å². The van der Waals surface area contributed by atoms with Crippen molar-refractivity contribution in [2.45, 2.75) is 6.92 Å². The molecule has 0 aliphatic heterocycles. The maximum Gasteiger partial charge on any atom is 0.314 e. The third-order valence-corrected chi connectivity index (χ3v) is 1.63. The highest BCUT2D eigenvalue weighted by molar-refractivity contribution is 5.74. The van der Waals surface area contributed by atoms with Crippen LogP contribution in [0.3, 0.4) is 0 Å². The molecule has 0 atom stereocenters. The van der Waals surface area contributed by atoms with Crippen molar-refractivity contribution in [3.05, 3.63) is 0 Å². The van der Waals surface area contributed by atoms with Gasteiger partial charge in [-0.05, 0) is 14.1 Å². The Balaban J connectivity index is 3.30. The molecule has 0 aliphatic carbocycles. The van der Waals surface area contributed by atoms with Crippen LogP contribution in [0.1, 0.15) is 6.92 Å². The maximum absolute atomic E-state index is 11.1. The second kappa shape index (κ2) is 8.05. The Kier molecular flexibility index (Phi) is 7.35. The molecule has 0 spiro atoms. The largest absolute Gasteiger partial charge is 0.355 e. The van der Waals surface area contributed by atoms with Crippen LogP contribution in [-0.4, -0.2) is 57.1 Å². The standard InChI is InChI=1S/C9H20N4O2/c1-8(14)10-4-5-11-9(15)12-6-7-13(2)3/h4-7H2,1-3H3,(H,10,14)(H2,11,12,15). The quantitative estimate of drug-likeness (QED) is 0.498. The summed E-state index contributed by atoms with van der Waals surface area (Å²) < 4.78 is 0. The van der Waals surface area contributed by atoms with Crippen molar-refractivity contribution in [1.82, 2.24) is 20.9 Å². The number of carbonyl (C=O) groups excluding carboxylic acids is 2. The second-order valence-corrected chi connectivity index (χ2v) is 3.47. The summed E-state index contributed by atoms with van der Waals surface area (Å²) in [6.07, 6.45) is 0. The highest BCUT2D eigenvalue weighted by Gasteiger charge is 1.98. The van der Waals surface area contributed by atoms with Gasteiger partial charge in [-0.1, -0.05) is 0 Å². The van der Waals surface area contributed by atoms with Crippen molar-refractivity contribution in [3.8, 4) is 0 Å². The smallest absolute Gasteiger partial charge is 0.314 e. The molecule has 88 valence electrons. The Labute approximate surface area is 90.4 Å². The number of carbonyl (C=O) groups is 2. The minimum absolute atomic E-state index is 0.0928. The molecule has 6 heteroatoms. The Morgan fingerprint density at radius 2 is 1.53 bits per heavy atom. The summed E-state index contributed by atoms with van der Waals surface area (Å²) >= 11 is 0. The molecular weight excluding hydrogens is 196 g/mol. The van der Waals surface area contributed by atoms with Crippen LogP contribution in [0.4, 0.5) is 4.79 Å². The third-order valence-electron chi connectivity index (χ3n) is 1.63. The summed E-state index contributed by atoms with van der Waals surface area (Å²) in [6.45, 7) is 3.75. The minimum Gasteiger partial charge on any atom is -0.355 e. The van der Waals surface area contributed by atoms with E-state index < -0.39 is 0 Å². The Hall–Kier alpha value is -1.30. The summed E-state index contributed by atoms with van der Waals surface area (Å²) in [6, 6.07) is -0.206. The molecule has 0 radical (unpaired) electrons. The molecule has 0 saturated heterocycles. The highest BCUT2D eigenvalue weighted by atomic mass is 16.2. The van der Waals surface area contributed by atoms with E-state index in [2.05, 4.69) is 16.0 Å². The molecule has 0 aromatic heterocycles. The molecule has 0 heterocycles. The number of rotatable bonds is 6. The molecule has 0 rings (SSSR count). The molecule has 0 aliphatic rings. The lowest BCUT2D eigenvalue weighted by Crippen LogP contribution is -2.42. The van der Waals surface area contributed by atoms with Gasteiger partial charge in [0, 0.05) is 33.1 Å². The van der Waals surface area contributed by atoms with Crippen LogP contribution in [0, 0.1) is 0 Å². The number of nitrogens with one attached hydrogen (secondary N) is 3. The topological polar surface area (TPSA) is 73.5 Å². The zero-order chi connectivity index (χ0) is 11.7. The van der Waals surface area contributed by atoms with Gasteiger partial charge in [-0.3, -0.25) is 4.79 Å². The van der Waals surface area contributed by atoms with Gasteiger partial charge in [0.25, 0.3) is 0 Å². The lowest BCUT2D eigenvalue weighted by molar-refractivity contribution is -0.118. The molecular formula is C9H20N4O2. The molecule has 0 aromatic rings. The van der Waals surface area contributed by atoms with Crippen molar-refractivity contribution in [2.75, 3.05) is 40.3 Å². The van der Waals surface area contributed by atoms with E-state index in [1.165, 1.54) is 6.92 Å². The van der Waals surface area contributed by atoms with E-state index in [9.17, 15) is 9.59 Å². The van der Waals surface area contributed by atoms with Crippen LogP contribution in [0.5, 0.6) is 0 Å². The first-order valence-corrected chi connectivity index (χ1v) is 4.93. The number of nitrogens with zero attached hydrogens (tertiary/aromatic N) is 1. The van der Waals surface area contributed by atoms with Crippen molar-refractivity contribution in [1.29, 1.82) is 0 Å². The molecule has 0 unspecified atom stereocenters. The van der Waals surface area contributed by atoms with E-state index in [1.807, 2.05) is 19.0 Å². The SMILES string of the molecule is CC(=O)NCCNC(=O)NCCN(C)C. The van der Waals surface area contributed by atoms with Crippen molar-refractivity contribution < 1.29 is 9.59 Å². The zero-order valence-electron chi connectivity index (χ0n) is 9.59. The fraction of sp³-hybridized carbons (Fsp3) is 0.778. The summed E-state index contributed by atoms with van der Waals surface area (Å²) in [5.41, 5.74) is 0. The number of hydrogen-bond donors (Lipinski definition) is 3. The number of hydrogen-bond acceptors (Lipinski definition) is 3. The molecule has 6 nitrogen and oxygen atoms in total.